The normalized spacial score (nSPS) is 13.9. The first-order valence-corrected chi connectivity index (χ1v) is 11.5. The number of thioether (sulfide) groups is 1. The lowest BCUT2D eigenvalue weighted by Crippen LogP contribution is -2.22. The molecule has 0 atom stereocenters. The summed E-state index contributed by atoms with van der Waals surface area (Å²) in [7, 11) is 0. The third-order valence-electron chi connectivity index (χ3n) is 5.42. The molecule has 4 aromatic rings. The summed E-state index contributed by atoms with van der Waals surface area (Å²) in [6.07, 6.45) is 2.28. The van der Waals surface area contributed by atoms with Gasteiger partial charge in [-0.1, -0.05) is 47.6 Å². The van der Waals surface area contributed by atoms with Crippen LogP contribution in [0.5, 0.6) is 0 Å². The van der Waals surface area contributed by atoms with Gasteiger partial charge in [0, 0.05) is 13.1 Å². The van der Waals surface area contributed by atoms with Crippen LogP contribution in [0.15, 0.2) is 52.4 Å². The number of hydrogen-bond donors (Lipinski definition) is 1. The zero-order valence-electron chi connectivity index (χ0n) is 17.0. The Morgan fingerprint density at radius 1 is 1.10 bits per heavy atom. The van der Waals surface area contributed by atoms with E-state index in [0.29, 0.717) is 27.1 Å². The minimum Gasteiger partial charge on any atom is -0.341 e. The standard InChI is InChI=1S/C22H21ClN6OS/c1-14-7-6-8-15-19(14)24-18(25-20(15)30)13-31-22-27-26-21(28-11-4-5-12-28)29(22)17-10-3-2-9-16(17)23/h2-3,6-10H,4-5,11-13H2,1H3,(H,24,25,30). The van der Waals surface area contributed by atoms with Crippen molar-refractivity contribution in [3.05, 3.63) is 69.2 Å². The second-order valence-electron chi connectivity index (χ2n) is 7.54. The summed E-state index contributed by atoms with van der Waals surface area (Å²) in [6, 6.07) is 13.3. The van der Waals surface area contributed by atoms with Gasteiger partial charge in [0.25, 0.3) is 5.56 Å². The van der Waals surface area contributed by atoms with E-state index in [4.69, 9.17) is 11.6 Å². The molecule has 0 spiro atoms. The molecule has 1 aliphatic rings. The molecule has 2 aromatic carbocycles. The highest BCUT2D eigenvalue weighted by molar-refractivity contribution is 7.98. The van der Waals surface area contributed by atoms with E-state index < -0.39 is 0 Å². The van der Waals surface area contributed by atoms with E-state index in [9.17, 15) is 4.79 Å². The summed E-state index contributed by atoms with van der Waals surface area (Å²) >= 11 is 8.00. The van der Waals surface area contributed by atoms with Gasteiger partial charge in [-0.25, -0.2) is 4.98 Å². The van der Waals surface area contributed by atoms with Gasteiger partial charge in [-0.05, 0) is 43.5 Å². The number of H-pyrrole nitrogens is 1. The topological polar surface area (TPSA) is 79.7 Å². The summed E-state index contributed by atoms with van der Waals surface area (Å²) < 4.78 is 2.00. The van der Waals surface area contributed by atoms with Crippen LogP contribution in [0, 0.1) is 6.92 Å². The lowest BCUT2D eigenvalue weighted by atomic mass is 10.1. The van der Waals surface area contributed by atoms with Crippen LogP contribution in [-0.4, -0.2) is 37.8 Å². The summed E-state index contributed by atoms with van der Waals surface area (Å²) in [5.41, 5.74) is 2.42. The quantitative estimate of drug-likeness (QED) is 0.453. The zero-order chi connectivity index (χ0) is 21.4. The van der Waals surface area contributed by atoms with E-state index in [-0.39, 0.29) is 5.56 Å². The molecule has 31 heavy (non-hydrogen) atoms. The number of para-hydroxylation sites is 2. The molecule has 1 fully saturated rings. The molecule has 158 valence electrons. The van der Waals surface area contributed by atoms with Crippen molar-refractivity contribution in [3.63, 3.8) is 0 Å². The Hall–Kier alpha value is -2.84. The lowest BCUT2D eigenvalue weighted by Gasteiger charge is -2.19. The molecule has 3 heterocycles. The minimum absolute atomic E-state index is 0.130. The number of halogens is 1. The average Bonchev–Trinajstić information content (AvgIpc) is 3.43. The molecular weight excluding hydrogens is 432 g/mol. The van der Waals surface area contributed by atoms with Gasteiger partial charge >= 0.3 is 0 Å². The van der Waals surface area contributed by atoms with E-state index in [1.807, 2.05) is 47.9 Å². The molecule has 2 aromatic heterocycles. The molecule has 0 aliphatic carbocycles. The summed E-state index contributed by atoms with van der Waals surface area (Å²) in [6.45, 7) is 3.86. The maximum atomic E-state index is 12.5. The molecule has 5 rings (SSSR count). The van der Waals surface area contributed by atoms with Gasteiger partial charge < -0.3 is 9.88 Å². The van der Waals surface area contributed by atoms with Crippen molar-refractivity contribution in [2.45, 2.75) is 30.7 Å². The lowest BCUT2D eigenvalue weighted by molar-refractivity contribution is 0.840. The number of benzene rings is 2. The Labute approximate surface area is 188 Å². The van der Waals surface area contributed by atoms with Crippen LogP contribution in [-0.2, 0) is 5.75 Å². The number of aromatic nitrogens is 5. The van der Waals surface area contributed by atoms with Crippen molar-refractivity contribution >= 4 is 40.2 Å². The van der Waals surface area contributed by atoms with Crippen molar-refractivity contribution < 1.29 is 0 Å². The first-order valence-electron chi connectivity index (χ1n) is 10.2. The molecular formula is C22H21ClN6OS. The number of nitrogens with one attached hydrogen (secondary N) is 1. The van der Waals surface area contributed by atoms with Crippen molar-refractivity contribution in [3.8, 4) is 5.69 Å². The van der Waals surface area contributed by atoms with Gasteiger partial charge in [0.15, 0.2) is 5.16 Å². The Morgan fingerprint density at radius 2 is 1.90 bits per heavy atom. The molecule has 7 nitrogen and oxygen atoms in total. The molecule has 0 bridgehead atoms. The highest BCUT2D eigenvalue weighted by Crippen LogP contribution is 2.32. The van der Waals surface area contributed by atoms with Gasteiger partial charge in [0.1, 0.15) is 5.82 Å². The number of hydrogen-bond acceptors (Lipinski definition) is 6. The van der Waals surface area contributed by atoms with E-state index in [2.05, 4.69) is 25.1 Å². The van der Waals surface area contributed by atoms with E-state index in [1.165, 1.54) is 11.8 Å². The number of rotatable bonds is 5. The van der Waals surface area contributed by atoms with Gasteiger partial charge in [-0.15, -0.1) is 10.2 Å². The fraction of sp³-hybridized carbons (Fsp3) is 0.273. The Bertz CT molecular complexity index is 1310. The second kappa shape index (κ2) is 8.36. The smallest absolute Gasteiger partial charge is 0.258 e. The Balaban J connectivity index is 1.51. The number of nitrogens with zero attached hydrogens (tertiary/aromatic N) is 5. The van der Waals surface area contributed by atoms with Gasteiger partial charge in [-0.2, -0.15) is 0 Å². The summed E-state index contributed by atoms with van der Waals surface area (Å²) in [5.74, 6) is 1.86. The van der Waals surface area contributed by atoms with E-state index in [0.717, 1.165) is 48.6 Å². The van der Waals surface area contributed by atoms with Crippen molar-refractivity contribution in [1.82, 2.24) is 24.7 Å². The number of aryl methyl sites for hydroxylation is 1. The van der Waals surface area contributed by atoms with Crippen LogP contribution in [0.3, 0.4) is 0 Å². The number of anilines is 1. The summed E-state index contributed by atoms with van der Waals surface area (Å²) in [4.78, 5) is 22.3. The SMILES string of the molecule is Cc1cccc2c(=O)[nH]c(CSc3nnc(N4CCCC4)n3-c3ccccc3Cl)nc12. The first-order chi connectivity index (χ1) is 15.1. The van der Waals surface area contributed by atoms with Gasteiger partial charge in [0.05, 0.1) is 27.4 Å². The zero-order valence-corrected chi connectivity index (χ0v) is 18.6. The third-order valence-corrected chi connectivity index (χ3v) is 6.68. The Kier molecular flexibility index (Phi) is 5.41. The minimum atomic E-state index is -0.130. The highest BCUT2D eigenvalue weighted by atomic mass is 35.5. The molecule has 1 aliphatic heterocycles. The fourth-order valence-electron chi connectivity index (χ4n) is 3.87. The summed E-state index contributed by atoms with van der Waals surface area (Å²) in [5, 5.41) is 10.9. The predicted octanol–water partition coefficient (Wildman–Crippen LogP) is 4.36. The first kappa shape index (κ1) is 20.1. The number of fused-ring (bicyclic) bond motifs is 1. The van der Waals surface area contributed by atoms with Crippen LogP contribution >= 0.6 is 23.4 Å². The van der Waals surface area contributed by atoms with Crippen LogP contribution in [0.25, 0.3) is 16.6 Å². The van der Waals surface area contributed by atoms with Crippen LogP contribution in [0.1, 0.15) is 24.2 Å². The molecule has 0 amide bonds. The van der Waals surface area contributed by atoms with Crippen molar-refractivity contribution in [2.24, 2.45) is 0 Å². The molecule has 0 radical (unpaired) electrons. The van der Waals surface area contributed by atoms with E-state index >= 15 is 0 Å². The van der Waals surface area contributed by atoms with Crippen LogP contribution in [0.2, 0.25) is 5.02 Å². The van der Waals surface area contributed by atoms with Gasteiger partial charge in [-0.3, -0.25) is 9.36 Å². The maximum Gasteiger partial charge on any atom is 0.258 e. The number of aromatic amines is 1. The molecule has 9 heteroatoms. The fourth-order valence-corrected chi connectivity index (χ4v) is 4.91. The monoisotopic (exact) mass is 452 g/mol. The molecule has 1 saturated heterocycles. The van der Waals surface area contributed by atoms with Gasteiger partial charge in [0.2, 0.25) is 5.95 Å². The predicted molar refractivity (Wildman–Crippen MR) is 124 cm³/mol. The van der Waals surface area contributed by atoms with Crippen molar-refractivity contribution in [1.29, 1.82) is 0 Å². The maximum absolute atomic E-state index is 12.5. The highest BCUT2D eigenvalue weighted by Gasteiger charge is 2.23. The molecule has 1 N–H and O–H groups in total. The average molecular weight is 453 g/mol. The van der Waals surface area contributed by atoms with Crippen LogP contribution < -0.4 is 10.5 Å². The molecule has 0 saturated carbocycles. The third kappa shape index (κ3) is 3.81. The van der Waals surface area contributed by atoms with Crippen LogP contribution in [0.4, 0.5) is 5.95 Å². The van der Waals surface area contributed by atoms with Crippen molar-refractivity contribution in [2.75, 3.05) is 18.0 Å². The van der Waals surface area contributed by atoms with E-state index in [1.54, 1.807) is 6.07 Å². The largest absolute Gasteiger partial charge is 0.341 e. The second-order valence-corrected chi connectivity index (χ2v) is 8.89. The molecule has 0 unspecified atom stereocenters. The Morgan fingerprint density at radius 3 is 2.71 bits per heavy atom.